The van der Waals surface area contributed by atoms with Gasteiger partial charge in [-0.1, -0.05) is 23.8 Å². The van der Waals surface area contributed by atoms with Crippen LogP contribution in [-0.2, 0) is 6.54 Å². The van der Waals surface area contributed by atoms with Gasteiger partial charge in [0.15, 0.2) is 0 Å². The van der Waals surface area contributed by atoms with E-state index in [2.05, 4.69) is 5.32 Å². The average molecular weight is 249 g/mol. The highest BCUT2D eigenvalue weighted by atomic mass is 19.3. The summed E-state index contributed by atoms with van der Waals surface area (Å²) in [6, 6.07) is 5.63. The van der Waals surface area contributed by atoms with Gasteiger partial charge >= 0.3 is 12.3 Å². The highest BCUT2D eigenvalue weighted by Gasteiger charge is 2.39. The molecule has 1 aromatic rings. The highest BCUT2D eigenvalue weighted by molar-refractivity contribution is 5.30. The second kappa shape index (κ2) is 5.49. The zero-order valence-corrected chi connectivity index (χ0v) is 9.74. The third kappa shape index (κ3) is 4.00. The molecule has 0 aliphatic heterocycles. The maximum Gasteiger partial charge on any atom is 0.319 e. The molecule has 0 spiro atoms. The van der Waals surface area contributed by atoms with E-state index in [1.54, 1.807) is 0 Å². The molecule has 0 amide bonds. The zero-order valence-electron chi connectivity index (χ0n) is 9.74. The van der Waals surface area contributed by atoms with Gasteiger partial charge in [0.2, 0.25) is 0 Å². The van der Waals surface area contributed by atoms with E-state index in [-0.39, 0.29) is 6.54 Å². The van der Waals surface area contributed by atoms with Gasteiger partial charge in [-0.05, 0) is 25.0 Å². The number of rotatable bonds is 5. The number of benzene rings is 1. The molecule has 0 saturated carbocycles. The molecular formula is C12H15F4N. The maximum atomic E-state index is 12.6. The largest absolute Gasteiger partial charge is 0.319 e. The van der Waals surface area contributed by atoms with Crippen molar-refractivity contribution < 1.29 is 17.6 Å². The molecule has 1 N–H and O–H groups in total. The maximum absolute atomic E-state index is 12.6. The predicted molar refractivity (Wildman–Crippen MR) is 58.6 cm³/mol. The van der Waals surface area contributed by atoms with Gasteiger partial charge in [-0.25, -0.2) is 8.78 Å². The van der Waals surface area contributed by atoms with Crippen molar-refractivity contribution in [2.75, 3.05) is 6.54 Å². The molecule has 96 valence electrons. The lowest BCUT2D eigenvalue weighted by molar-refractivity contribution is -0.125. The SMILES string of the molecule is Cc1ccc(C)c(CNCC(F)(F)C(F)F)c1. The van der Waals surface area contributed by atoms with Crippen LogP contribution in [0.1, 0.15) is 16.7 Å². The Kier molecular flexibility index (Phi) is 4.51. The lowest BCUT2D eigenvalue weighted by Gasteiger charge is -2.16. The molecule has 0 bridgehead atoms. The topological polar surface area (TPSA) is 12.0 Å². The number of alkyl halides is 4. The Morgan fingerprint density at radius 3 is 2.47 bits per heavy atom. The Balaban J connectivity index is 2.54. The first-order chi connectivity index (χ1) is 7.83. The van der Waals surface area contributed by atoms with Gasteiger partial charge in [-0.3, -0.25) is 0 Å². The van der Waals surface area contributed by atoms with Crippen molar-refractivity contribution in [1.29, 1.82) is 0 Å². The predicted octanol–water partition coefficient (Wildman–Crippen LogP) is 3.29. The van der Waals surface area contributed by atoms with E-state index in [1.807, 2.05) is 32.0 Å². The molecule has 1 aromatic carbocycles. The van der Waals surface area contributed by atoms with Gasteiger partial charge in [0.05, 0.1) is 6.54 Å². The molecule has 0 aromatic heterocycles. The van der Waals surface area contributed by atoms with Gasteiger partial charge in [-0.2, -0.15) is 8.78 Å². The molecule has 0 radical (unpaired) electrons. The summed E-state index contributed by atoms with van der Waals surface area (Å²) in [5.41, 5.74) is 2.80. The Morgan fingerprint density at radius 2 is 1.88 bits per heavy atom. The zero-order chi connectivity index (χ0) is 13.1. The van der Waals surface area contributed by atoms with Crippen LogP contribution in [0, 0.1) is 13.8 Å². The molecule has 0 fully saturated rings. The van der Waals surface area contributed by atoms with E-state index in [0.717, 1.165) is 16.7 Å². The lowest BCUT2D eigenvalue weighted by Crippen LogP contribution is -2.38. The Morgan fingerprint density at radius 1 is 1.24 bits per heavy atom. The monoisotopic (exact) mass is 249 g/mol. The first-order valence-electron chi connectivity index (χ1n) is 5.26. The molecule has 1 nitrogen and oxygen atoms in total. The molecule has 0 unspecified atom stereocenters. The molecule has 0 aliphatic carbocycles. The fourth-order valence-electron chi connectivity index (χ4n) is 1.43. The van der Waals surface area contributed by atoms with E-state index in [0.29, 0.717) is 0 Å². The minimum absolute atomic E-state index is 0.163. The normalized spacial score (nSPS) is 12.2. The van der Waals surface area contributed by atoms with Crippen molar-refractivity contribution in [3.05, 3.63) is 34.9 Å². The van der Waals surface area contributed by atoms with Crippen LogP contribution in [-0.4, -0.2) is 18.9 Å². The van der Waals surface area contributed by atoms with Crippen LogP contribution < -0.4 is 5.32 Å². The van der Waals surface area contributed by atoms with Gasteiger partial charge in [-0.15, -0.1) is 0 Å². The number of hydrogen-bond donors (Lipinski definition) is 1. The van der Waals surface area contributed by atoms with Gasteiger partial charge in [0.25, 0.3) is 0 Å². The van der Waals surface area contributed by atoms with Gasteiger partial charge < -0.3 is 5.32 Å². The van der Waals surface area contributed by atoms with Gasteiger partial charge in [0.1, 0.15) is 0 Å². The third-order valence-electron chi connectivity index (χ3n) is 2.50. The van der Waals surface area contributed by atoms with E-state index < -0.39 is 18.9 Å². The first-order valence-corrected chi connectivity index (χ1v) is 5.26. The number of aryl methyl sites for hydroxylation is 2. The summed E-state index contributed by atoms with van der Waals surface area (Å²) in [6.45, 7) is 2.88. The Bertz CT molecular complexity index is 377. The second-order valence-corrected chi connectivity index (χ2v) is 4.10. The van der Waals surface area contributed by atoms with Crippen LogP contribution in [0.2, 0.25) is 0 Å². The van der Waals surface area contributed by atoms with E-state index >= 15 is 0 Å². The van der Waals surface area contributed by atoms with Crippen LogP contribution in [0.15, 0.2) is 18.2 Å². The minimum Gasteiger partial charge on any atom is -0.307 e. The van der Waals surface area contributed by atoms with E-state index in [9.17, 15) is 17.6 Å². The minimum atomic E-state index is -3.97. The quantitative estimate of drug-likeness (QED) is 0.789. The standard InChI is InChI=1S/C12H15F4N/c1-8-3-4-9(2)10(5-8)6-17-7-12(15,16)11(13)14/h3-5,11,17H,6-7H2,1-2H3. The first kappa shape index (κ1) is 14.0. The van der Waals surface area contributed by atoms with Crippen molar-refractivity contribution in [3.63, 3.8) is 0 Å². The van der Waals surface area contributed by atoms with E-state index in [4.69, 9.17) is 0 Å². The Hall–Kier alpha value is -1.10. The average Bonchev–Trinajstić information content (AvgIpc) is 2.22. The molecular weight excluding hydrogens is 234 g/mol. The van der Waals surface area contributed by atoms with Gasteiger partial charge in [0, 0.05) is 6.54 Å². The van der Waals surface area contributed by atoms with Crippen LogP contribution in [0.3, 0.4) is 0 Å². The number of hydrogen-bond acceptors (Lipinski definition) is 1. The van der Waals surface area contributed by atoms with Crippen LogP contribution in [0.25, 0.3) is 0 Å². The number of nitrogens with one attached hydrogen (secondary N) is 1. The van der Waals surface area contributed by atoms with Crippen molar-refractivity contribution >= 4 is 0 Å². The summed E-state index contributed by atoms with van der Waals surface area (Å²) >= 11 is 0. The molecule has 0 heterocycles. The van der Waals surface area contributed by atoms with Crippen LogP contribution in [0.4, 0.5) is 17.6 Å². The van der Waals surface area contributed by atoms with Crippen LogP contribution in [0.5, 0.6) is 0 Å². The summed E-state index contributed by atoms with van der Waals surface area (Å²) in [4.78, 5) is 0. The summed E-state index contributed by atoms with van der Waals surface area (Å²) in [7, 11) is 0. The Labute approximate surface area is 97.8 Å². The summed E-state index contributed by atoms with van der Waals surface area (Å²) < 4.78 is 49.0. The molecule has 17 heavy (non-hydrogen) atoms. The van der Waals surface area contributed by atoms with E-state index in [1.165, 1.54) is 0 Å². The molecule has 0 saturated heterocycles. The highest BCUT2D eigenvalue weighted by Crippen LogP contribution is 2.21. The summed E-state index contributed by atoms with van der Waals surface area (Å²) in [5.74, 6) is -3.97. The second-order valence-electron chi connectivity index (χ2n) is 4.10. The number of halogens is 4. The fourth-order valence-corrected chi connectivity index (χ4v) is 1.43. The van der Waals surface area contributed by atoms with Crippen molar-refractivity contribution in [2.45, 2.75) is 32.7 Å². The smallest absolute Gasteiger partial charge is 0.307 e. The third-order valence-corrected chi connectivity index (χ3v) is 2.50. The molecule has 0 atom stereocenters. The van der Waals surface area contributed by atoms with Crippen molar-refractivity contribution in [1.82, 2.24) is 5.32 Å². The summed E-state index contributed by atoms with van der Waals surface area (Å²) in [5, 5.41) is 2.36. The molecule has 0 aliphatic rings. The molecule has 1 rings (SSSR count). The molecule has 5 heteroatoms. The summed E-state index contributed by atoms with van der Waals surface area (Å²) in [6.07, 6.45) is -3.63. The fraction of sp³-hybridized carbons (Fsp3) is 0.500. The lowest BCUT2D eigenvalue weighted by atomic mass is 10.1. The van der Waals surface area contributed by atoms with Crippen LogP contribution >= 0.6 is 0 Å². The van der Waals surface area contributed by atoms with Crippen molar-refractivity contribution in [2.24, 2.45) is 0 Å². The van der Waals surface area contributed by atoms with Crippen molar-refractivity contribution in [3.8, 4) is 0 Å².